The third-order valence-corrected chi connectivity index (χ3v) is 4.48. The smallest absolute Gasteiger partial charge is 0.251 e. The summed E-state index contributed by atoms with van der Waals surface area (Å²) in [4.78, 5) is 17.4. The van der Waals surface area contributed by atoms with Gasteiger partial charge in [0.1, 0.15) is 11.0 Å². The number of carbonyl (C=O) groups excluding carboxylic acids is 1. The van der Waals surface area contributed by atoms with Crippen LogP contribution in [-0.2, 0) is 6.54 Å². The first kappa shape index (κ1) is 16.3. The summed E-state index contributed by atoms with van der Waals surface area (Å²) >= 11 is 11.0. The average Bonchev–Trinajstić information content (AvgIpc) is 2.87. The van der Waals surface area contributed by atoms with Gasteiger partial charge in [-0.05, 0) is 46.6 Å². The lowest BCUT2D eigenvalue weighted by Gasteiger charge is -2.08. The normalized spacial score (nSPS) is 10.4. The fraction of sp³-hybridized carbons (Fsp3) is 0.286. The topological polar surface area (TPSA) is 54.0 Å². The van der Waals surface area contributed by atoms with Crippen LogP contribution in [0.25, 0.3) is 0 Å². The van der Waals surface area contributed by atoms with Crippen LogP contribution in [0, 0.1) is 0 Å². The van der Waals surface area contributed by atoms with Crippen molar-refractivity contribution in [2.75, 3.05) is 11.9 Å². The van der Waals surface area contributed by atoms with Gasteiger partial charge >= 0.3 is 0 Å². The molecule has 0 aliphatic carbocycles. The fourth-order valence-electron chi connectivity index (χ4n) is 1.69. The molecule has 0 aliphatic heterocycles. The van der Waals surface area contributed by atoms with Gasteiger partial charge in [0, 0.05) is 17.0 Å². The Morgan fingerprint density at radius 3 is 2.90 bits per heavy atom. The second-order valence-electron chi connectivity index (χ2n) is 4.38. The Labute approximate surface area is 141 Å². The Balaban J connectivity index is 2.02. The van der Waals surface area contributed by atoms with Crippen molar-refractivity contribution in [3.8, 4) is 0 Å². The number of amides is 1. The third-order valence-electron chi connectivity index (χ3n) is 2.66. The quantitative estimate of drug-likeness (QED) is 0.725. The molecule has 2 heterocycles. The number of nitrogens with one attached hydrogen (secondary N) is 2. The minimum Gasteiger partial charge on any atom is -0.370 e. The first-order valence-electron chi connectivity index (χ1n) is 6.52. The molecule has 112 valence electrons. The van der Waals surface area contributed by atoms with Crippen LogP contribution in [0.1, 0.15) is 28.6 Å². The fourth-order valence-corrected chi connectivity index (χ4v) is 3.32. The van der Waals surface area contributed by atoms with E-state index in [1.807, 2.05) is 12.1 Å². The van der Waals surface area contributed by atoms with Crippen LogP contribution in [0.5, 0.6) is 0 Å². The summed E-state index contributed by atoms with van der Waals surface area (Å²) in [6.07, 6.45) is 0.975. The number of halogens is 2. The van der Waals surface area contributed by atoms with Gasteiger partial charge in [-0.1, -0.05) is 18.5 Å². The Morgan fingerprint density at radius 2 is 2.24 bits per heavy atom. The van der Waals surface area contributed by atoms with Gasteiger partial charge in [-0.3, -0.25) is 4.79 Å². The van der Waals surface area contributed by atoms with Crippen LogP contribution >= 0.6 is 38.9 Å². The van der Waals surface area contributed by atoms with Crippen molar-refractivity contribution >= 4 is 50.6 Å². The molecule has 0 saturated carbocycles. The molecule has 0 atom stereocenters. The summed E-state index contributed by atoms with van der Waals surface area (Å²) in [7, 11) is 0. The van der Waals surface area contributed by atoms with Gasteiger partial charge < -0.3 is 10.6 Å². The molecule has 0 fully saturated rings. The van der Waals surface area contributed by atoms with Crippen molar-refractivity contribution in [3.63, 3.8) is 0 Å². The number of aromatic nitrogens is 1. The van der Waals surface area contributed by atoms with Crippen molar-refractivity contribution in [2.24, 2.45) is 0 Å². The van der Waals surface area contributed by atoms with Gasteiger partial charge in [-0.2, -0.15) is 0 Å². The third kappa shape index (κ3) is 4.98. The van der Waals surface area contributed by atoms with Crippen molar-refractivity contribution in [3.05, 3.63) is 43.6 Å². The summed E-state index contributed by atoms with van der Waals surface area (Å²) in [6, 6.07) is 7.21. The van der Waals surface area contributed by atoms with Gasteiger partial charge in [0.15, 0.2) is 0 Å². The lowest BCUT2D eigenvalue weighted by Crippen LogP contribution is -2.22. The molecule has 4 nitrogen and oxygen atoms in total. The van der Waals surface area contributed by atoms with E-state index < -0.39 is 0 Å². The highest BCUT2D eigenvalue weighted by Crippen LogP contribution is 2.22. The molecule has 2 aromatic rings. The molecule has 1 amide bonds. The van der Waals surface area contributed by atoms with Crippen LogP contribution in [-0.4, -0.2) is 17.4 Å². The van der Waals surface area contributed by atoms with Crippen LogP contribution in [0.4, 0.5) is 5.82 Å². The first-order valence-corrected chi connectivity index (χ1v) is 8.51. The molecule has 0 radical (unpaired) electrons. The lowest BCUT2D eigenvalue weighted by molar-refractivity contribution is 0.0951. The molecule has 0 aliphatic rings. The van der Waals surface area contributed by atoms with Gasteiger partial charge in [-0.15, -0.1) is 11.3 Å². The van der Waals surface area contributed by atoms with E-state index in [0.717, 1.165) is 21.6 Å². The molecule has 2 aromatic heterocycles. The number of pyridine rings is 1. The number of rotatable bonds is 6. The minimum atomic E-state index is -0.164. The predicted molar refractivity (Wildman–Crippen MR) is 91.2 cm³/mol. The predicted octanol–water partition coefficient (Wildman–Crippen LogP) is 4.31. The Bertz CT molecular complexity index is 632. The summed E-state index contributed by atoms with van der Waals surface area (Å²) in [6.45, 7) is 3.34. The molecular weight excluding hydrogens is 374 g/mol. The Hall–Kier alpha value is -1.11. The minimum absolute atomic E-state index is 0.164. The summed E-state index contributed by atoms with van der Waals surface area (Å²) < 4.78 is 1.05. The van der Waals surface area contributed by atoms with Crippen molar-refractivity contribution < 1.29 is 4.79 Å². The van der Waals surface area contributed by atoms with E-state index in [-0.39, 0.29) is 5.91 Å². The number of carbonyl (C=O) groups is 1. The number of anilines is 1. The molecular formula is C14H15BrClN3OS. The van der Waals surface area contributed by atoms with Gasteiger partial charge in [0.05, 0.1) is 10.3 Å². The van der Waals surface area contributed by atoms with E-state index in [2.05, 4.69) is 38.5 Å². The van der Waals surface area contributed by atoms with Gasteiger partial charge in [-0.25, -0.2) is 4.98 Å². The Morgan fingerprint density at radius 1 is 1.43 bits per heavy atom. The molecule has 2 N–H and O–H groups in total. The van der Waals surface area contributed by atoms with E-state index in [1.54, 1.807) is 23.5 Å². The second kappa shape index (κ2) is 7.77. The number of nitrogens with zero attached hydrogens (tertiary/aromatic N) is 1. The maximum atomic E-state index is 12.2. The molecule has 0 aromatic carbocycles. The maximum Gasteiger partial charge on any atom is 0.251 e. The van der Waals surface area contributed by atoms with Crippen LogP contribution in [0.3, 0.4) is 0 Å². The van der Waals surface area contributed by atoms with Crippen LogP contribution in [0.15, 0.2) is 28.1 Å². The van der Waals surface area contributed by atoms with Crippen molar-refractivity contribution in [2.45, 2.75) is 19.9 Å². The molecule has 0 bridgehead atoms. The monoisotopic (exact) mass is 387 g/mol. The SMILES string of the molecule is CCCNc1cc(C(=O)NCc2ccc(Br)s2)cc(Cl)n1. The number of thiophene rings is 1. The summed E-state index contributed by atoms with van der Waals surface area (Å²) in [5.41, 5.74) is 0.504. The zero-order valence-corrected chi connectivity index (χ0v) is 14.6. The standard InChI is InChI=1S/C14H15BrClN3OS/c1-2-5-17-13-7-9(6-12(16)19-13)14(20)18-8-10-3-4-11(15)21-10/h3-4,6-7H,2,5,8H2,1H3,(H,17,19)(H,18,20). The number of hydrogen-bond acceptors (Lipinski definition) is 4. The molecule has 0 spiro atoms. The molecule has 2 rings (SSSR count). The van der Waals surface area contributed by atoms with E-state index in [1.165, 1.54) is 0 Å². The molecule has 0 saturated heterocycles. The van der Waals surface area contributed by atoms with Gasteiger partial charge in [0.2, 0.25) is 0 Å². The van der Waals surface area contributed by atoms with Crippen LogP contribution in [0.2, 0.25) is 5.15 Å². The first-order chi connectivity index (χ1) is 10.1. The number of hydrogen-bond donors (Lipinski definition) is 2. The highest BCUT2D eigenvalue weighted by molar-refractivity contribution is 9.11. The average molecular weight is 389 g/mol. The van der Waals surface area contributed by atoms with E-state index >= 15 is 0 Å². The summed E-state index contributed by atoms with van der Waals surface area (Å²) in [5, 5.41) is 6.31. The largest absolute Gasteiger partial charge is 0.370 e. The molecule has 0 unspecified atom stereocenters. The van der Waals surface area contributed by atoms with Crippen molar-refractivity contribution in [1.29, 1.82) is 0 Å². The zero-order valence-electron chi connectivity index (χ0n) is 11.5. The molecule has 7 heteroatoms. The Kier molecular flexibility index (Phi) is 6.02. The van der Waals surface area contributed by atoms with Gasteiger partial charge in [0.25, 0.3) is 5.91 Å². The van der Waals surface area contributed by atoms with Crippen molar-refractivity contribution in [1.82, 2.24) is 10.3 Å². The second-order valence-corrected chi connectivity index (χ2v) is 7.31. The van der Waals surface area contributed by atoms with E-state index in [4.69, 9.17) is 11.6 Å². The zero-order chi connectivity index (χ0) is 15.2. The maximum absolute atomic E-state index is 12.2. The van der Waals surface area contributed by atoms with E-state index in [9.17, 15) is 4.79 Å². The highest BCUT2D eigenvalue weighted by Gasteiger charge is 2.09. The lowest BCUT2D eigenvalue weighted by atomic mass is 10.2. The summed E-state index contributed by atoms with van der Waals surface area (Å²) in [5.74, 6) is 0.455. The molecule has 21 heavy (non-hydrogen) atoms. The highest BCUT2D eigenvalue weighted by atomic mass is 79.9. The van der Waals surface area contributed by atoms with E-state index in [0.29, 0.717) is 23.1 Å². The van der Waals surface area contributed by atoms with Crippen LogP contribution < -0.4 is 10.6 Å².